The zero-order valence-corrected chi connectivity index (χ0v) is 8.24. The number of thioether (sulfide) groups is 1. The molecule has 0 unspecified atom stereocenters. The number of rotatable bonds is 4. The molecule has 0 aliphatic rings. The minimum Gasteiger partial charge on any atom is -0.330 e. The summed E-state index contributed by atoms with van der Waals surface area (Å²) >= 11 is 7.52. The summed E-state index contributed by atoms with van der Waals surface area (Å²) in [5.41, 5.74) is 6.57. The zero-order chi connectivity index (χ0) is 8.81. The summed E-state index contributed by atoms with van der Waals surface area (Å²) in [7, 11) is 0. The molecule has 0 radical (unpaired) electrons. The molecular weight excluding hydrogens is 192 g/mol. The van der Waals surface area contributed by atoms with E-state index in [1.165, 1.54) is 5.56 Å². The van der Waals surface area contributed by atoms with Crippen molar-refractivity contribution in [3.8, 4) is 0 Å². The van der Waals surface area contributed by atoms with Gasteiger partial charge in [-0.1, -0.05) is 11.6 Å². The Balaban J connectivity index is 2.41. The van der Waals surface area contributed by atoms with Crippen molar-refractivity contribution in [2.75, 3.05) is 12.3 Å². The second-order valence-electron chi connectivity index (χ2n) is 2.33. The van der Waals surface area contributed by atoms with E-state index >= 15 is 0 Å². The minimum absolute atomic E-state index is 0.556. The van der Waals surface area contributed by atoms with E-state index in [4.69, 9.17) is 17.3 Å². The van der Waals surface area contributed by atoms with Gasteiger partial charge in [-0.2, -0.15) is 11.8 Å². The Morgan fingerprint density at radius 2 is 2.42 bits per heavy atom. The Hall–Kier alpha value is -0.250. The summed E-state index contributed by atoms with van der Waals surface area (Å²) < 4.78 is 0. The molecule has 0 aliphatic heterocycles. The molecule has 0 spiro atoms. The molecule has 0 atom stereocenters. The molecular formula is C8H11ClN2S. The van der Waals surface area contributed by atoms with Crippen molar-refractivity contribution in [2.24, 2.45) is 5.73 Å². The number of aromatic nitrogens is 1. The average Bonchev–Trinajstić information content (AvgIpc) is 2.05. The molecule has 0 fully saturated rings. The molecule has 1 aromatic heterocycles. The van der Waals surface area contributed by atoms with Gasteiger partial charge in [0, 0.05) is 24.2 Å². The van der Waals surface area contributed by atoms with Crippen LogP contribution >= 0.6 is 23.4 Å². The number of hydrogen-bond donors (Lipinski definition) is 1. The van der Waals surface area contributed by atoms with E-state index in [0.717, 1.165) is 18.1 Å². The summed E-state index contributed by atoms with van der Waals surface area (Å²) in [6, 6.07) is 3.85. The van der Waals surface area contributed by atoms with Gasteiger partial charge in [-0.15, -0.1) is 0 Å². The molecule has 0 aliphatic carbocycles. The van der Waals surface area contributed by atoms with Crippen LogP contribution in [0.4, 0.5) is 0 Å². The number of nitrogens with zero attached hydrogens (tertiary/aromatic N) is 1. The van der Waals surface area contributed by atoms with Gasteiger partial charge in [0.1, 0.15) is 5.15 Å². The highest BCUT2D eigenvalue weighted by Gasteiger charge is 1.94. The number of hydrogen-bond acceptors (Lipinski definition) is 3. The van der Waals surface area contributed by atoms with Crippen LogP contribution in [0.1, 0.15) is 5.56 Å². The van der Waals surface area contributed by atoms with E-state index in [1.54, 1.807) is 18.0 Å². The SMILES string of the molecule is NCCSCc1ccnc(Cl)c1. The third-order valence-corrected chi connectivity index (χ3v) is 2.59. The Morgan fingerprint density at radius 1 is 1.58 bits per heavy atom. The molecule has 1 rings (SSSR count). The standard InChI is InChI=1S/C8H11ClN2S/c9-8-5-7(1-3-11-8)6-12-4-2-10/h1,3,5H,2,4,6,10H2. The van der Waals surface area contributed by atoms with Crippen LogP contribution < -0.4 is 5.73 Å². The van der Waals surface area contributed by atoms with Crippen LogP contribution in [0.3, 0.4) is 0 Å². The van der Waals surface area contributed by atoms with Gasteiger partial charge in [-0.25, -0.2) is 4.98 Å². The van der Waals surface area contributed by atoms with Gasteiger partial charge in [-0.3, -0.25) is 0 Å². The van der Waals surface area contributed by atoms with Gasteiger partial charge in [0.2, 0.25) is 0 Å². The topological polar surface area (TPSA) is 38.9 Å². The molecule has 1 aromatic rings. The van der Waals surface area contributed by atoms with Gasteiger partial charge in [0.05, 0.1) is 0 Å². The smallest absolute Gasteiger partial charge is 0.129 e. The molecule has 2 nitrogen and oxygen atoms in total. The molecule has 2 N–H and O–H groups in total. The van der Waals surface area contributed by atoms with Crippen LogP contribution in [-0.2, 0) is 5.75 Å². The van der Waals surface area contributed by atoms with Crippen LogP contribution in [-0.4, -0.2) is 17.3 Å². The van der Waals surface area contributed by atoms with Crippen molar-refractivity contribution in [1.82, 2.24) is 4.98 Å². The summed E-state index contributed by atoms with van der Waals surface area (Å²) in [6.45, 7) is 0.726. The third kappa shape index (κ3) is 3.43. The monoisotopic (exact) mass is 202 g/mol. The molecule has 0 saturated heterocycles. The van der Waals surface area contributed by atoms with Gasteiger partial charge in [0.15, 0.2) is 0 Å². The molecule has 0 amide bonds. The number of nitrogens with two attached hydrogens (primary N) is 1. The highest BCUT2D eigenvalue weighted by atomic mass is 35.5. The predicted octanol–water partition coefficient (Wildman–Crippen LogP) is 1.93. The second-order valence-corrected chi connectivity index (χ2v) is 3.82. The van der Waals surface area contributed by atoms with E-state index in [-0.39, 0.29) is 0 Å². The van der Waals surface area contributed by atoms with E-state index in [0.29, 0.717) is 5.15 Å². The van der Waals surface area contributed by atoms with Gasteiger partial charge in [0.25, 0.3) is 0 Å². The molecule has 1 heterocycles. The number of halogens is 1. The summed E-state index contributed by atoms with van der Waals surface area (Å²) in [4.78, 5) is 3.90. The van der Waals surface area contributed by atoms with Crippen molar-refractivity contribution >= 4 is 23.4 Å². The summed E-state index contributed by atoms with van der Waals surface area (Å²) in [5.74, 6) is 1.94. The first kappa shape index (κ1) is 9.84. The normalized spacial score (nSPS) is 10.2. The van der Waals surface area contributed by atoms with Crippen LogP contribution in [0.5, 0.6) is 0 Å². The lowest BCUT2D eigenvalue weighted by Gasteiger charge is -1.99. The Bertz CT molecular complexity index is 242. The maximum atomic E-state index is 5.71. The van der Waals surface area contributed by atoms with Crippen LogP contribution in [0.2, 0.25) is 5.15 Å². The lowest BCUT2D eigenvalue weighted by molar-refractivity contribution is 1.15. The first-order valence-electron chi connectivity index (χ1n) is 3.71. The quantitative estimate of drug-likeness (QED) is 0.599. The van der Waals surface area contributed by atoms with Crippen molar-refractivity contribution in [3.05, 3.63) is 29.0 Å². The van der Waals surface area contributed by atoms with Crippen LogP contribution in [0.25, 0.3) is 0 Å². The molecule has 0 bridgehead atoms. The van der Waals surface area contributed by atoms with E-state index < -0.39 is 0 Å². The fourth-order valence-corrected chi connectivity index (χ4v) is 1.73. The third-order valence-electron chi connectivity index (χ3n) is 1.32. The second kappa shape index (κ2) is 5.41. The molecule has 12 heavy (non-hydrogen) atoms. The largest absolute Gasteiger partial charge is 0.330 e. The first-order valence-corrected chi connectivity index (χ1v) is 5.24. The maximum absolute atomic E-state index is 5.71. The molecule has 4 heteroatoms. The lowest BCUT2D eigenvalue weighted by Crippen LogP contribution is -2.01. The van der Waals surface area contributed by atoms with Crippen molar-refractivity contribution in [3.63, 3.8) is 0 Å². The fraction of sp³-hybridized carbons (Fsp3) is 0.375. The van der Waals surface area contributed by atoms with Crippen molar-refractivity contribution in [1.29, 1.82) is 0 Å². The minimum atomic E-state index is 0.556. The zero-order valence-electron chi connectivity index (χ0n) is 6.66. The average molecular weight is 203 g/mol. The van der Waals surface area contributed by atoms with E-state index in [1.807, 2.05) is 12.1 Å². The van der Waals surface area contributed by atoms with Gasteiger partial charge < -0.3 is 5.73 Å². The summed E-state index contributed by atoms with van der Waals surface area (Å²) in [6.07, 6.45) is 1.72. The van der Waals surface area contributed by atoms with Gasteiger partial charge in [-0.05, 0) is 17.7 Å². The fourth-order valence-electron chi connectivity index (χ4n) is 0.806. The Labute approximate surface area is 81.5 Å². The van der Waals surface area contributed by atoms with E-state index in [2.05, 4.69) is 4.98 Å². The van der Waals surface area contributed by atoms with E-state index in [9.17, 15) is 0 Å². The van der Waals surface area contributed by atoms with Crippen molar-refractivity contribution < 1.29 is 0 Å². The van der Waals surface area contributed by atoms with Crippen LogP contribution in [0, 0.1) is 0 Å². The maximum Gasteiger partial charge on any atom is 0.129 e. The molecule has 0 aromatic carbocycles. The molecule has 0 saturated carbocycles. The first-order chi connectivity index (χ1) is 5.83. The molecule has 66 valence electrons. The van der Waals surface area contributed by atoms with Crippen molar-refractivity contribution in [2.45, 2.75) is 5.75 Å². The predicted molar refractivity (Wildman–Crippen MR) is 54.5 cm³/mol. The highest BCUT2D eigenvalue weighted by Crippen LogP contribution is 2.13. The Morgan fingerprint density at radius 3 is 3.08 bits per heavy atom. The lowest BCUT2D eigenvalue weighted by atomic mass is 10.3. The van der Waals surface area contributed by atoms with Gasteiger partial charge >= 0.3 is 0 Å². The van der Waals surface area contributed by atoms with Crippen LogP contribution in [0.15, 0.2) is 18.3 Å². The number of pyridine rings is 1. The summed E-state index contributed by atoms with van der Waals surface area (Å²) in [5, 5.41) is 0.556. The Kier molecular flexibility index (Phi) is 4.43. The highest BCUT2D eigenvalue weighted by molar-refractivity contribution is 7.98.